The minimum absolute atomic E-state index is 0.152. The van der Waals surface area contributed by atoms with Gasteiger partial charge in [0.2, 0.25) is 5.91 Å². The van der Waals surface area contributed by atoms with Crippen LogP contribution in [0, 0.1) is 17.8 Å². The number of hydrogen-bond acceptors (Lipinski definition) is 2. The van der Waals surface area contributed by atoms with Crippen LogP contribution in [0.1, 0.15) is 59.3 Å². The lowest BCUT2D eigenvalue weighted by Crippen LogP contribution is -2.49. The van der Waals surface area contributed by atoms with Crippen molar-refractivity contribution < 1.29 is 4.79 Å². The number of likely N-dealkylation sites (tertiary alicyclic amines) is 1. The Bertz CT molecular complexity index is 318. The van der Waals surface area contributed by atoms with E-state index in [1.807, 2.05) is 0 Å². The van der Waals surface area contributed by atoms with Crippen molar-refractivity contribution in [2.24, 2.45) is 23.5 Å². The van der Waals surface area contributed by atoms with E-state index in [4.69, 9.17) is 5.73 Å². The van der Waals surface area contributed by atoms with E-state index in [1.165, 1.54) is 19.3 Å². The van der Waals surface area contributed by atoms with Crippen molar-refractivity contribution in [3.05, 3.63) is 0 Å². The molecule has 110 valence electrons. The summed E-state index contributed by atoms with van der Waals surface area (Å²) in [5.41, 5.74) is 6.07. The zero-order chi connectivity index (χ0) is 14.0. The maximum atomic E-state index is 12.7. The number of amides is 1. The van der Waals surface area contributed by atoms with Crippen molar-refractivity contribution in [3.63, 3.8) is 0 Å². The first kappa shape index (κ1) is 14.8. The number of carbonyl (C=O) groups is 1. The lowest BCUT2D eigenvalue weighted by Gasteiger charge is -2.40. The van der Waals surface area contributed by atoms with Crippen LogP contribution < -0.4 is 5.73 Å². The van der Waals surface area contributed by atoms with Crippen molar-refractivity contribution in [1.82, 2.24) is 4.90 Å². The summed E-state index contributed by atoms with van der Waals surface area (Å²) < 4.78 is 0. The Morgan fingerprint density at radius 3 is 2.63 bits per heavy atom. The predicted molar refractivity (Wildman–Crippen MR) is 78.7 cm³/mol. The van der Waals surface area contributed by atoms with Crippen molar-refractivity contribution >= 4 is 5.91 Å². The van der Waals surface area contributed by atoms with E-state index in [2.05, 4.69) is 25.7 Å². The van der Waals surface area contributed by atoms with Gasteiger partial charge in [0.1, 0.15) is 0 Å². The van der Waals surface area contributed by atoms with Gasteiger partial charge in [0.05, 0.1) is 0 Å². The van der Waals surface area contributed by atoms with Gasteiger partial charge in [0.25, 0.3) is 0 Å². The summed E-state index contributed by atoms with van der Waals surface area (Å²) in [5.74, 6) is 1.68. The summed E-state index contributed by atoms with van der Waals surface area (Å²) in [7, 11) is 0. The molecule has 1 aliphatic carbocycles. The predicted octanol–water partition coefficient (Wildman–Crippen LogP) is 2.79. The van der Waals surface area contributed by atoms with Gasteiger partial charge in [-0.2, -0.15) is 0 Å². The maximum absolute atomic E-state index is 12.7. The van der Waals surface area contributed by atoms with Gasteiger partial charge in [-0.05, 0) is 50.9 Å². The van der Waals surface area contributed by atoms with E-state index in [0.29, 0.717) is 29.8 Å². The normalized spacial score (nSPS) is 38.0. The molecule has 1 saturated carbocycles. The van der Waals surface area contributed by atoms with Crippen LogP contribution in [0.2, 0.25) is 0 Å². The Labute approximate surface area is 117 Å². The quantitative estimate of drug-likeness (QED) is 0.835. The molecule has 2 aliphatic rings. The lowest BCUT2D eigenvalue weighted by atomic mass is 9.78. The molecule has 0 radical (unpaired) electrons. The molecule has 0 aromatic rings. The summed E-state index contributed by atoms with van der Waals surface area (Å²) >= 11 is 0. The van der Waals surface area contributed by atoms with Crippen LogP contribution in [-0.2, 0) is 4.79 Å². The monoisotopic (exact) mass is 266 g/mol. The third kappa shape index (κ3) is 3.50. The molecule has 5 atom stereocenters. The highest BCUT2D eigenvalue weighted by atomic mass is 16.2. The second kappa shape index (κ2) is 6.25. The molecule has 3 nitrogen and oxygen atoms in total. The van der Waals surface area contributed by atoms with E-state index in [-0.39, 0.29) is 5.92 Å². The summed E-state index contributed by atoms with van der Waals surface area (Å²) in [6.45, 7) is 7.52. The Morgan fingerprint density at radius 1 is 1.21 bits per heavy atom. The number of rotatable bonds is 2. The average Bonchev–Trinajstić information content (AvgIpc) is 2.40. The van der Waals surface area contributed by atoms with Gasteiger partial charge in [0.15, 0.2) is 0 Å². The molecule has 2 rings (SSSR count). The molecule has 1 aliphatic heterocycles. The molecule has 0 bridgehead atoms. The molecule has 5 unspecified atom stereocenters. The average molecular weight is 266 g/mol. The van der Waals surface area contributed by atoms with Crippen molar-refractivity contribution in [1.29, 1.82) is 0 Å². The molecule has 3 heteroatoms. The zero-order valence-corrected chi connectivity index (χ0v) is 12.8. The maximum Gasteiger partial charge on any atom is 0.225 e. The van der Waals surface area contributed by atoms with E-state index >= 15 is 0 Å². The van der Waals surface area contributed by atoms with Gasteiger partial charge in [-0.3, -0.25) is 4.79 Å². The first-order valence-corrected chi connectivity index (χ1v) is 8.05. The number of nitrogens with zero attached hydrogens (tertiary/aromatic N) is 1. The third-order valence-corrected chi connectivity index (χ3v) is 5.25. The first-order valence-electron chi connectivity index (χ1n) is 8.05. The molecule has 19 heavy (non-hydrogen) atoms. The SMILES string of the molecule is CC1CCC(C)N(C(=O)C(C)C2CCCC(N)C2)C1. The van der Waals surface area contributed by atoms with Crippen LogP contribution >= 0.6 is 0 Å². The fraction of sp³-hybridized carbons (Fsp3) is 0.938. The van der Waals surface area contributed by atoms with Crippen LogP contribution in [-0.4, -0.2) is 29.4 Å². The second-order valence-electron chi connectivity index (χ2n) is 7.00. The minimum Gasteiger partial charge on any atom is -0.339 e. The molecule has 0 spiro atoms. The van der Waals surface area contributed by atoms with Crippen molar-refractivity contribution in [3.8, 4) is 0 Å². The largest absolute Gasteiger partial charge is 0.339 e. The fourth-order valence-corrected chi connectivity index (χ4v) is 3.78. The molecule has 0 aromatic carbocycles. The van der Waals surface area contributed by atoms with Crippen LogP contribution in [0.3, 0.4) is 0 Å². The van der Waals surface area contributed by atoms with Gasteiger partial charge >= 0.3 is 0 Å². The molecule has 0 aromatic heterocycles. The molecular formula is C16H30N2O. The second-order valence-corrected chi connectivity index (χ2v) is 7.00. The first-order chi connectivity index (χ1) is 8.99. The fourth-order valence-electron chi connectivity index (χ4n) is 3.78. The lowest BCUT2D eigenvalue weighted by molar-refractivity contribution is -0.141. The summed E-state index contributed by atoms with van der Waals surface area (Å²) in [5, 5.41) is 0. The van der Waals surface area contributed by atoms with E-state index in [0.717, 1.165) is 25.8 Å². The zero-order valence-electron chi connectivity index (χ0n) is 12.8. The van der Waals surface area contributed by atoms with Crippen molar-refractivity contribution in [2.75, 3.05) is 6.54 Å². The molecular weight excluding hydrogens is 236 g/mol. The van der Waals surface area contributed by atoms with Crippen LogP contribution in [0.25, 0.3) is 0 Å². The molecule has 2 N–H and O–H groups in total. The van der Waals surface area contributed by atoms with Crippen molar-refractivity contribution in [2.45, 2.75) is 71.4 Å². The highest BCUT2D eigenvalue weighted by Crippen LogP contribution is 2.32. The summed E-state index contributed by atoms with van der Waals surface area (Å²) in [6.07, 6.45) is 6.95. The van der Waals surface area contributed by atoms with E-state index in [1.54, 1.807) is 0 Å². The molecule has 1 amide bonds. The van der Waals surface area contributed by atoms with Crippen LogP contribution in [0.15, 0.2) is 0 Å². The molecule has 2 fully saturated rings. The smallest absolute Gasteiger partial charge is 0.225 e. The van der Waals surface area contributed by atoms with Crippen LogP contribution in [0.5, 0.6) is 0 Å². The number of hydrogen-bond donors (Lipinski definition) is 1. The van der Waals surface area contributed by atoms with Gasteiger partial charge in [0, 0.05) is 24.5 Å². The molecule has 1 saturated heterocycles. The van der Waals surface area contributed by atoms with Gasteiger partial charge in [-0.25, -0.2) is 0 Å². The Morgan fingerprint density at radius 2 is 1.95 bits per heavy atom. The highest BCUT2D eigenvalue weighted by molar-refractivity contribution is 5.79. The minimum atomic E-state index is 0.152. The molecule has 1 heterocycles. The Balaban J connectivity index is 1.97. The Hall–Kier alpha value is -0.570. The topological polar surface area (TPSA) is 46.3 Å². The van der Waals surface area contributed by atoms with E-state index < -0.39 is 0 Å². The van der Waals surface area contributed by atoms with Gasteiger partial charge < -0.3 is 10.6 Å². The van der Waals surface area contributed by atoms with E-state index in [9.17, 15) is 4.79 Å². The summed E-state index contributed by atoms with van der Waals surface area (Å²) in [6, 6.07) is 0.732. The van der Waals surface area contributed by atoms with Gasteiger partial charge in [-0.1, -0.05) is 20.3 Å². The number of carbonyl (C=O) groups excluding carboxylic acids is 1. The number of piperidine rings is 1. The standard InChI is InChI=1S/C16H30N2O/c1-11-7-8-12(2)18(10-11)16(19)13(3)14-5-4-6-15(17)9-14/h11-15H,4-10,17H2,1-3H3. The Kier molecular flexibility index (Phi) is 4.88. The third-order valence-electron chi connectivity index (χ3n) is 5.25. The van der Waals surface area contributed by atoms with Gasteiger partial charge in [-0.15, -0.1) is 0 Å². The highest BCUT2D eigenvalue weighted by Gasteiger charge is 2.34. The summed E-state index contributed by atoms with van der Waals surface area (Å²) in [4.78, 5) is 14.9. The number of nitrogens with two attached hydrogens (primary N) is 1. The van der Waals surface area contributed by atoms with Crippen LogP contribution in [0.4, 0.5) is 0 Å².